The highest BCUT2D eigenvalue weighted by atomic mass is 35.5. The molecule has 9 nitrogen and oxygen atoms in total. The molecule has 0 aliphatic heterocycles. The Morgan fingerprint density at radius 3 is 2.44 bits per heavy atom. The molecule has 2 heterocycles. The van der Waals surface area contributed by atoms with Crippen LogP contribution in [0.2, 0.25) is 10.0 Å². The second-order valence-corrected chi connectivity index (χ2v) is 7.89. The quantitative estimate of drug-likeness (QED) is 0.172. The molecule has 188 valence electrons. The second-order valence-electron chi connectivity index (χ2n) is 7.07. The monoisotopic (exact) mass is 547 g/mol. The summed E-state index contributed by atoms with van der Waals surface area (Å²) in [6, 6.07) is 5.32. The molecule has 0 bridgehead atoms. The predicted molar refractivity (Wildman–Crippen MR) is 116 cm³/mol. The minimum Gasteiger partial charge on any atom is -0.503 e. The van der Waals surface area contributed by atoms with E-state index < -0.39 is 74.1 Å². The number of phenols is 3. The highest BCUT2D eigenvalue weighted by molar-refractivity contribution is 6.35. The number of halogens is 6. The van der Waals surface area contributed by atoms with Crippen LogP contribution >= 0.6 is 23.2 Å². The van der Waals surface area contributed by atoms with E-state index in [9.17, 15) is 37.7 Å². The number of nitrogens with zero attached hydrogens (tertiary/aromatic N) is 3. The summed E-state index contributed by atoms with van der Waals surface area (Å²) in [4.78, 5) is 12.6. The van der Waals surface area contributed by atoms with Gasteiger partial charge >= 0.3 is 12.1 Å². The minimum atomic E-state index is -5.06. The molecule has 2 aromatic carbocycles. The Kier molecular flexibility index (Phi) is 6.22. The highest BCUT2D eigenvalue weighted by Crippen LogP contribution is 2.50. The molecule has 0 aliphatic rings. The average Bonchev–Trinajstić information content (AvgIpc) is 3.46. The van der Waals surface area contributed by atoms with Gasteiger partial charge in [0.05, 0.1) is 35.1 Å². The van der Waals surface area contributed by atoms with Gasteiger partial charge in [-0.25, -0.2) is 13.9 Å². The van der Waals surface area contributed by atoms with Crippen LogP contribution in [0.25, 0.3) is 28.3 Å². The molecule has 36 heavy (non-hydrogen) atoms. The Morgan fingerprint density at radius 1 is 1.14 bits per heavy atom. The van der Waals surface area contributed by atoms with Crippen LogP contribution < -0.4 is 0 Å². The molecular weight excluding hydrogens is 537 g/mol. The maximum absolute atomic E-state index is 14.8. The minimum absolute atomic E-state index is 0.0806. The van der Waals surface area contributed by atoms with E-state index in [1.165, 1.54) is 24.3 Å². The number of alkyl halides is 3. The lowest BCUT2D eigenvalue weighted by atomic mass is 10.0. The number of rotatable bonds is 4. The van der Waals surface area contributed by atoms with Crippen LogP contribution in [0.3, 0.4) is 0 Å². The zero-order valence-electron chi connectivity index (χ0n) is 17.6. The van der Waals surface area contributed by atoms with Crippen molar-refractivity contribution in [2.75, 3.05) is 7.11 Å². The second kappa shape index (κ2) is 8.91. The number of carbonyl (C=O) groups is 1. The number of hydrogen-bond acceptors (Lipinski definition) is 8. The van der Waals surface area contributed by atoms with Crippen LogP contribution in [0.1, 0.15) is 16.1 Å². The average molecular weight is 548 g/mol. The number of hydrogen-bond donors (Lipinski definition) is 3. The van der Waals surface area contributed by atoms with E-state index in [0.29, 0.717) is 4.68 Å². The van der Waals surface area contributed by atoms with E-state index in [1.54, 1.807) is 0 Å². The summed E-state index contributed by atoms with van der Waals surface area (Å²) in [6.07, 6.45) is -4.34. The van der Waals surface area contributed by atoms with Gasteiger partial charge in [-0.1, -0.05) is 34.4 Å². The molecule has 0 atom stereocenters. The Morgan fingerprint density at radius 2 is 1.83 bits per heavy atom. The van der Waals surface area contributed by atoms with E-state index in [1.807, 2.05) is 0 Å². The fourth-order valence-corrected chi connectivity index (χ4v) is 3.83. The summed E-state index contributed by atoms with van der Waals surface area (Å²) in [5, 5.41) is 35.7. The topological polar surface area (TPSA) is 131 Å². The summed E-state index contributed by atoms with van der Waals surface area (Å²) in [5.41, 5.74) is -4.88. The molecule has 0 unspecified atom stereocenters. The van der Waals surface area contributed by atoms with Gasteiger partial charge in [-0.3, -0.25) is 0 Å². The van der Waals surface area contributed by atoms with Crippen molar-refractivity contribution in [3.05, 3.63) is 57.6 Å². The molecule has 0 fully saturated rings. The van der Waals surface area contributed by atoms with Crippen molar-refractivity contribution in [2.24, 2.45) is 0 Å². The Balaban J connectivity index is 2.05. The molecule has 0 saturated heterocycles. The number of ether oxygens (including phenoxy) is 1. The van der Waals surface area contributed by atoms with Crippen LogP contribution in [0, 0.1) is 5.82 Å². The summed E-state index contributed by atoms with van der Waals surface area (Å²) < 4.78 is 67.5. The van der Waals surface area contributed by atoms with Gasteiger partial charge in [-0.15, -0.1) is 0 Å². The molecule has 4 aromatic rings. The maximum Gasteiger partial charge on any atom is 0.434 e. The Labute approximate surface area is 207 Å². The zero-order chi connectivity index (χ0) is 26.5. The first-order valence-electron chi connectivity index (χ1n) is 9.50. The highest BCUT2D eigenvalue weighted by Gasteiger charge is 2.42. The normalized spacial score (nSPS) is 11.6. The van der Waals surface area contributed by atoms with Crippen LogP contribution in [0.5, 0.6) is 17.2 Å². The third-order valence-corrected chi connectivity index (χ3v) is 5.56. The summed E-state index contributed by atoms with van der Waals surface area (Å²) in [7, 11) is 0.882. The molecule has 3 N–H and O–H groups in total. The van der Waals surface area contributed by atoms with E-state index in [2.05, 4.69) is 15.0 Å². The molecule has 0 amide bonds. The third kappa shape index (κ3) is 3.95. The van der Waals surface area contributed by atoms with E-state index >= 15 is 0 Å². The van der Waals surface area contributed by atoms with E-state index in [4.69, 9.17) is 27.7 Å². The van der Waals surface area contributed by atoms with Crippen molar-refractivity contribution in [1.82, 2.24) is 14.9 Å². The van der Waals surface area contributed by atoms with Crippen molar-refractivity contribution in [3.8, 4) is 45.5 Å². The summed E-state index contributed by atoms with van der Waals surface area (Å²) in [6.45, 7) is 0. The van der Waals surface area contributed by atoms with Crippen LogP contribution in [0.4, 0.5) is 17.6 Å². The molecule has 0 spiro atoms. The SMILES string of the molecule is COC(=O)c1c(-c2c(F)c(O)c(O)c(O)c2Cl)noc1-c1cnn(-c2cccc(Cl)c2)c1C(F)(F)F. The Hall–Kier alpha value is -3.97. The predicted octanol–water partition coefficient (Wildman–Crippen LogP) is 5.56. The van der Waals surface area contributed by atoms with Gasteiger partial charge < -0.3 is 24.6 Å². The lowest BCUT2D eigenvalue weighted by Gasteiger charge is -2.13. The van der Waals surface area contributed by atoms with Crippen LogP contribution in [-0.2, 0) is 10.9 Å². The number of benzene rings is 2. The van der Waals surface area contributed by atoms with Crippen LogP contribution in [-0.4, -0.2) is 43.3 Å². The van der Waals surface area contributed by atoms with Gasteiger partial charge in [-0.05, 0) is 18.2 Å². The molecule has 2 aromatic heterocycles. The number of esters is 1. The van der Waals surface area contributed by atoms with Gasteiger partial charge in [0.25, 0.3) is 0 Å². The third-order valence-electron chi connectivity index (χ3n) is 4.96. The van der Waals surface area contributed by atoms with Gasteiger partial charge in [0, 0.05) is 5.02 Å². The van der Waals surface area contributed by atoms with Gasteiger partial charge in [0.15, 0.2) is 28.8 Å². The fraction of sp³-hybridized carbons (Fsp3) is 0.0952. The lowest BCUT2D eigenvalue weighted by Crippen LogP contribution is -2.15. The molecule has 4 rings (SSSR count). The fourth-order valence-electron chi connectivity index (χ4n) is 3.39. The van der Waals surface area contributed by atoms with E-state index in [0.717, 1.165) is 13.3 Å². The molecular formula is C21H11Cl2F4N3O6. The van der Waals surface area contributed by atoms with Crippen molar-refractivity contribution >= 4 is 29.2 Å². The number of methoxy groups -OCH3 is 1. The Bertz CT molecular complexity index is 1490. The van der Waals surface area contributed by atoms with Gasteiger partial charge in [0.2, 0.25) is 5.75 Å². The van der Waals surface area contributed by atoms with Crippen molar-refractivity contribution in [3.63, 3.8) is 0 Å². The van der Waals surface area contributed by atoms with Gasteiger partial charge in [-0.2, -0.15) is 18.3 Å². The summed E-state index contributed by atoms with van der Waals surface area (Å²) in [5.74, 6) is -7.77. The van der Waals surface area contributed by atoms with Crippen molar-refractivity contribution in [1.29, 1.82) is 0 Å². The number of aromatic nitrogens is 3. The van der Waals surface area contributed by atoms with Crippen molar-refractivity contribution in [2.45, 2.75) is 6.18 Å². The number of aromatic hydroxyl groups is 3. The smallest absolute Gasteiger partial charge is 0.434 e. The van der Waals surface area contributed by atoms with Crippen molar-refractivity contribution < 1.29 is 46.9 Å². The molecule has 15 heteroatoms. The number of carbonyl (C=O) groups excluding carboxylic acids is 1. The van der Waals surface area contributed by atoms with Crippen LogP contribution in [0.15, 0.2) is 35.0 Å². The summed E-state index contributed by atoms with van der Waals surface area (Å²) >= 11 is 11.8. The maximum atomic E-state index is 14.8. The molecule has 0 saturated carbocycles. The largest absolute Gasteiger partial charge is 0.503 e. The first kappa shape index (κ1) is 25.1. The lowest BCUT2D eigenvalue weighted by molar-refractivity contribution is -0.142. The number of phenolic OH excluding ortho intramolecular Hbond substituents is 3. The molecule has 0 radical (unpaired) electrons. The zero-order valence-corrected chi connectivity index (χ0v) is 19.1. The van der Waals surface area contributed by atoms with E-state index in [-0.39, 0.29) is 10.7 Å². The standard InChI is InChI=1S/C21H11Cl2F4N3O6/c1-35-20(34)11-14(10-12(23)15(31)17(33)16(32)13(10)24)29-36-18(11)9-6-28-30(19(9)21(25,26)27)8-4-2-3-7(22)5-8/h2-6,31-33H,1H3. The first-order valence-corrected chi connectivity index (χ1v) is 10.3. The van der Waals surface area contributed by atoms with Gasteiger partial charge in [0.1, 0.15) is 11.3 Å². The molecule has 0 aliphatic carbocycles. The first-order chi connectivity index (χ1) is 16.9.